The lowest BCUT2D eigenvalue weighted by atomic mass is 9.96. The lowest BCUT2D eigenvalue weighted by molar-refractivity contribution is 0.298. The van der Waals surface area contributed by atoms with Gasteiger partial charge in [0, 0.05) is 18.2 Å². The summed E-state index contributed by atoms with van der Waals surface area (Å²) in [6.07, 6.45) is 3.40. The second kappa shape index (κ2) is 5.79. The van der Waals surface area contributed by atoms with E-state index in [-0.39, 0.29) is 0 Å². The maximum Gasteiger partial charge on any atom is 0.119 e. The van der Waals surface area contributed by atoms with Gasteiger partial charge >= 0.3 is 0 Å². The van der Waals surface area contributed by atoms with Crippen molar-refractivity contribution in [3.63, 3.8) is 0 Å². The minimum absolute atomic E-state index is 0.526. The highest BCUT2D eigenvalue weighted by molar-refractivity contribution is 5.53. The van der Waals surface area contributed by atoms with Crippen LogP contribution in [0.25, 0.3) is 0 Å². The number of hydrogen-bond donors (Lipinski definition) is 1. The highest BCUT2D eigenvalue weighted by atomic mass is 16.5. The first kappa shape index (κ1) is 12.1. The van der Waals surface area contributed by atoms with E-state index >= 15 is 0 Å². The van der Waals surface area contributed by atoms with Gasteiger partial charge in [0.15, 0.2) is 0 Å². The van der Waals surface area contributed by atoms with Crippen LogP contribution in [0.1, 0.15) is 18.4 Å². The third kappa shape index (κ3) is 3.08. The van der Waals surface area contributed by atoms with Crippen LogP contribution < -0.4 is 10.1 Å². The number of rotatable bonds is 4. The topological polar surface area (TPSA) is 21.3 Å². The minimum atomic E-state index is 0.526. The zero-order valence-electron chi connectivity index (χ0n) is 11.0. The highest BCUT2D eigenvalue weighted by Crippen LogP contribution is 2.25. The van der Waals surface area contributed by atoms with Gasteiger partial charge in [-0.15, -0.1) is 0 Å². The maximum atomic E-state index is 5.76. The van der Waals surface area contributed by atoms with Crippen molar-refractivity contribution in [2.45, 2.75) is 25.3 Å². The Morgan fingerprint density at radius 3 is 2.68 bits per heavy atom. The van der Waals surface area contributed by atoms with Gasteiger partial charge in [0.05, 0.1) is 6.61 Å². The third-order valence-corrected chi connectivity index (χ3v) is 3.62. The van der Waals surface area contributed by atoms with Gasteiger partial charge in [-0.2, -0.15) is 0 Å². The van der Waals surface area contributed by atoms with Gasteiger partial charge in [0.25, 0.3) is 0 Å². The van der Waals surface area contributed by atoms with E-state index < -0.39 is 0 Å². The molecule has 1 aliphatic heterocycles. The molecule has 0 saturated heterocycles. The molecule has 0 aliphatic carbocycles. The lowest BCUT2D eigenvalue weighted by Crippen LogP contribution is -2.27. The van der Waals surface area contributed by atoms with Crippen LogP contribution in [0.4, 0.5) is 5.69 Å². The van der Waals surface area contributed by atoms with Gasteiger partial charge < -0.3 is 10.1 Å². The SMILES string of the molecule is c1ccc(OCCC2CCc3ccccc3N2)cc1. The van der Waals surface area contributed by atoms with E-state index in [9.17, 15) is 0 Å². The van der Waals surface area contributed by atoms with E-state index in [1.54, 1.807) is 0 Å². The Morgan fingerprint density at radius 1 is 1.00 bits per heavy atom. The summed E-state index contributed by atoms with van der Waals surface area (Å²) in [6.45, 7) is 0.768. The van der Waals surface area contributed by atoms with Crippen molar-refractivity contribution in [3.05, 3.63) is 60.2 Å². The molecule has 2 aromatic carbocycles. The highest BCUT2D eigenvalue weighted by Gasteiger charge is 2.16. The van der Waals surface area contributed by atoms with Gasteiger partial charge in [-0.25, -0.2) is 0 Å². The Kier molecular flexibility index (Phi) is 3.68. The number of aryl methyl sites for hydroxylation is 1. The van der Waals surface area contributed by atoms with E-state index in [1.807, 2.05) is 30.3 Å². The van der Waals surface area contributed by atoms with Crippen LogP contribution in [-0.2, 0) is 6.42 Å². The first-order valence-corrected chi connectivity index (χ1v) is 6.94. The number of ether oxygens (including phenoxy) is 1. The molecule has 0 bridgehead atoms. The predicted molar refractivity (Wildman–Crippen MR) is 78.7 cm³/mol. The molecule has 98 valence electrons. The summed E-state index contributed by atoms with van der Waals surface area (Å²) in [5.41, 5.74) is 2.72. The van der Waals surface area contributed by atoms with E-state index in [0.29, 0.717) is 6.04 Å². The van der Waals surface area contributed by atoms with Crippen LogP contribution in [0.15, 0.2) is 54.6 Å². The Bertz CT molecular complexity index is 524. The summed E-state index contributed by atoms with van der Waals surface area (Å²) in [7, 11) is 0. The molecule has 0 aromatic heterocycles. The number of fused-ring (bicyclic) bond motifs is 1. The molecular weight excluding hydrogens is 234 g/mol. The zero-order chi connectivity index (χ0) is 12.9. The van der Waals surface area contributed by atoms with Gasteiger partial charge in [-0.3, -0.25) is 0 Å². The first-order chi connectivity index (χ1) is 9.42. The summed E-state index contributed by atoms with van der Waals surface area (Å²) >= 11 is 0. The van der Waals surface area contributed by atoms with Gasteiger partial charge in [0.1, 0.15) is 5.75 Å². The van der Waals surface area contributed by atoms with E-state index in [0.717, 1.165) is 18.8 Å². The fourth-order valence-electron chi connectivity index (χ4n) is 2.55. The molecule has 0 radical (unpaired) electrons. The van der Waals surface area contributed by atoms with Gasteiger partial charge in [-0.05, 0) is 36.6 Å². The van der Waals surface area contributed by atoms with Crippen molar-refractivity contribution >= 4 is 5.69 Å². The number of para-hydroxylation sites is 2. The van der Waals surface area contributed by atoms with Crippen molar-refractivity contribution in [1.82, 2.24) is 0 Å². The minimum Gasteiger partial charge on any atom is -0.494 e. The molecule has 1 heterocycles. The van der Waals surface area contributed by atoms with Gasteiger partial charge in [0.2, 0.25) is 0 Å². The summed E-state index contributed by atoms with van der Waals surface area (Å²) in [6, 6.07) is 19.1. The van der Waals surface area contributed by atoms with Crippen LogP contribution in [0.3, 0.4) is 0 Å². The Balaban J connectivity index is 1.50. The molecule has 3 rings (SSSR count). The molecule has 2 heteroatoms. The van der Waals surface area contributed by atoms with Crippen LogP contribution in [0, 0.1) is 0 Å². The second-order valence-corrected chi connectivity index (χ2v) is 4.99. The monoisotopic (exact) mass is 253 g/mol. The molecule has 2 nitrogen and oxygen atoms in total. The van der Waals surface area contributed by atoms with Crippen molar-refractivity contribution in [2.24, 2.45) is 0 Å². The molecule has 1 aliphatic rings. The summed E-state index contributed by atoms with van der Waals surface area (Å²) in [5.74, 6) is 0.957. The fourth-order valence-corrected chi connectivity index (χ4v) is 2.55. The number of benzene rings is 2. The molecule has 1 N–H and O–H groups in total. The van der Waals surface area contributed by atoms with Crippen molar-refractivity contribution < 1.29 is 4.74 Å². The first-order valence-electron chi connectivity index (χ1n) is 6.94. The third-order valence-electron chi connectivity index (χ3n) is 3.62. The van der Waals surface area contributed by atoms with Gasteiger partial charge in [-0.1, -0.05) is 36.4 Å². The van der Waals surface area contributed by atoms with E-state index in [2.05, 4.69) is 29.6 Å². The summed E-state index contributed by atoms with van der Waals surface area (Å²) in [4.78, 5) is 0. The largest absolute Gasteiger partial charge is 0.494 e. The molecule has 0 amide bonds. The molecule has 0 spiro atoms. The molecule has 0 fully saturated rings. The number of nitrogens with one attached hydrogen (secondary N) is 1. The average molecular weight is 253 g/mol. The molecule has 19 heavy (non-hydrogen) atoms. The van der Waals surface area contributed by atoms with Crippen LogP contribution in [0.2, 0.25) is 0 Å². The predicted octanol–water partition coefficient (Wildman–Crippen LogP) is 3.88. The molecular formula is C17H19NO. The fraction of sp³-hybridized carbons (Fsp3) is 0.294. The van der Waals surface area contributed by atoms with E-state index in [4.69, 9.17) is 4.74 Å². The normalized spacial score (nSPS) is 17.4. The molecule has 1 unspecified atom stereocenters. The lowest BCUT2D eigenvalue weighted by Gasteiger charge is -2.27. The van der Waals surface area contributed by atoms with Crippen molar-refractivity contribution in [1.29, 1.82) is 0 Å². The smallest absolute Gasteiger partial charge is 0.119 e. The second-order valence-electron chi connectivity index (χ2n) is 4.99. The maximum absolute atomic E-state index is 5.76. The van der Waals surface area contributed by atoms with Crippen LogP contribution >= 0.6 is 0 Å². The Morgan fingerprint density at radius 2 is 1.79 bits per heavy atom. The van der Waals surface area contributed by atoms with Crippen molar-refractivity contribution in [3.8, 4) is 5.75 Å². The standard InChI is InChI=1S/C17H19NO/c1-2-7-16(8-3-1)19-13-12-15-11-10-14-6-4-5-9-17(14)18-15/h1-9,15,18H,10-13H2. The molecule has 0 saturated carbocycles. The number of anilines is 1. The zero-order valence-corrected chi connectivity index (χ0v) is 11.0. The molecule has 1 atom stereocenters. The Hall–Kier alpha value is -1.96. The summed E-state index contributed by atoms with van der Waals surface area (Å²) < 4.78 is 5.76. The van der Waals surface area contributed by atoms with Crippen LogP contribution in [0.5, 0.6) is 5.75 Å². The van der Waals surface area contributed by atoms with E-state index in [1.165, 1.54) is 24.1 Å². The quantitative estimate of drug-likeness (QED) is 0.892. The molecule has 2 aromatic rings. The summed E-state index contributed by atoms with van der Waals surface area (Å²) in [5, 5.41) is 3.60. The van der Waals surface area contributed by atoms with Crippen LogP contribution in [-0.4, -0.2) is 12.6 Å². The average Bonchev–Trinajstić information content (AvgIpc) is 2.48. The number of hydrogen-bond acceptors (Lipinski definition) is 2. The Labute approximate surface area is 114 Å². The van der Waals surface area contributed by atoms with Crippen molar-refractivity contribution in [2.75, 3.05) is 11.9 Å².